The summed E-state index contributed by atoms with van der Waals surface area (Å²) in [6, 6.07) is 3.57. The number of pyridine rings is 1. The van der Waals surface area contributed by atoms with Gasteiger partial charge in [0.05, 0.1) is 0 Å². The molecule has 0 aliphatic rings. The molecule has 0 fully saturated rings. The van der Waals surface area contributed by atoms with Gasteiger partial charge < -0.3 is 0 Å². The van der Waals surface area contributed by atoms with Crippen LogP contribution in [0.1, 0.15) is 12.5 Å². The number of nitrogens with one attached hydrogen (secondary N) is 1. The van der Waals surface area contributed by atoms with E-state index in [1.54, 1.807) is 31.5 Å². The lowest BCUT2D eigenvalue weighted by Crippen LogP contribution is -2.22. The van der Waals surface area contributed by atoms with Crippen molar-refractivity contribution >= 4 is 18.5 Å². The van der Waals surface area contributed by atoms with Crippen LogP contribution < -0.4 is 5.32 Å². The van der Waals surface area contributed by atoms with Crippen molar-refractivity contribution in [3.8, 4) is 0 Å². The molecule has 16 heavy (non-hydrogen) atoms. The fourth-order valence-electron chi connectivity index (χ4n) is 0.988. The summed E-state index contributed by atoms with van der Waals surface area (Å²) in [6.45, 7) is 1.67. The number of carbonyl (C=O) groups is 2. The van der Waals surface area contributed by atoms with E-state index in [0.717, 1.165) is 5.56 Å². The number of rotatable bonds is 4. The van der Waals surface area contributed by atoms with Crippen LogP contribution >= 0.6 is 0 Å². The van der Waals surface area contributed by atoms with E-state index in [1.165, 1.54) is 12.3 Å². The highest BCUT2D eigenvalue weighted by atomic mass is 16.2. The number of nitrogens with zero attached hydrogens (tertiary/aromatic N) is 2. The number of allylic oxidation sites excluding steroid dienone is 1. The van der Waals surface area contributed by atoms with E-state index in [-0.39, 0.29) is 5.70 Å². The zero-order valence-corrected chi connectivity index (χ0v) is 8.75. The minimum atomic E-state index is -0.530. The Morgan fingerprint density at radius 3 is 2.94 bits per heavy atom. The lowest BCUT2D eigenvalue weighted by atomic mass is 10.3. The minimum Gasteiger partial charge on any atom is -0.294 e. The molecule has 0 bridgehead atoms. The summed E-state index contributed by atoms with van der Waals surface area (Å²) in [4.78, 5) is 29.2. The molecule has 82 valence electrons. The Labute approximate surface area is 92.9 Å². The average Bonchev–Trinajstić information content (AvgIpc) is 2.31. The van der Waals surface area contributed by atoms with Crippen molar-refractivity contribution in [3.05, 3.63) is 41.9 Å². The van der Waals surface area contributed by atoms with Crippen LogP contribution in [0.5, 0.6) is 0 Å². The summed E-state index contributed by atoms with van der Waals surface area (Å²) in [5, 5.41) is 2.02. The molecule has 0 unspecified atom stereocenters. The number of hydrogen-bond acceptors (Lipinski definition) is 4. The second kappa shape index (κ2) is 6.23. The number of hydrogen-bond donors (Lipinski definition) is 1. The maximum atomic E-state index is 11.3. The predicted molar refractivity (Wildman–Crippen MR) is 59.8 cm³/mol. The zero-order valence-electron chi connectivity index (χ0n) is 8.75. The van der Waals surface area contributed by atoms with Gasteiger partial charge in [-0.25, -0.2) is 0 Å². The Bertz CT molecular complexity index is 424. The van der Waals surface area contributed by atoms with Gasteiger partial charge in [0.1, 0.15) is 5.70 Å². The third kappa shape index (κ3) is 3.45. The van der Waals surface area contributed by atoms with Crippen LogP contribution in [-0.2, 0) is 9.59 Å². The Balaban J connectivity index is 2.75. The Kier molecular flexibility index (Phi) is 4.59. The van der Waals surface area contributed by atoms with E-state index in [9.17, 15) is 9.59 Å². The fourth-order valence-corrected chi connectivity index (χ4v) is 0.988. The SMILES string of the molecule is C/C=C(/N=Cc1cccnc1)C(=O)NC=O. The standard InChI is InChI=1S/C11H11N3O2/c1-2-10(11(16)14-8-15)13-7-9-4-3-5-12-6-9/h2-8H,1H3,(H,14,15,16)/b10-2+,13-7?. The summed E-state index contributed by atoms with van der Waals surface area (Å²) in [5.41, 5.74) is 0.955. The van der Waals surface area contributed by atoms with Gasteiger partial charge in [0.2, 0.25) is 6.41 Å². The van der Waals surface area contributed by atoms with Gasteiger partial charge in [-0.05, 0) is 13.0 Å². The lowest BCUT2D eigenvalue weighted by molar-refractivity contribution is -0.122. The van der Waals surface area contributed by atoms with Gasteiger partial charge in [-0.2, -0.15) is 0 Å². The smallest absolute Gasteiger partial charge is 0.275 e. The summed E-state index contributed by atoms with van der Waals surface area (Å²) in [6.07, 6.45) is 6.62. The van der Waals surface area contributed by atoms with Crippen molar-refractivity contribution in [1.82, 2.24) is 10.3 Å². The van der Waals surface area contributed by atoms with Crippen molar-refractivity contribution in [2.45, 2.75) is 6.92 Å². The molecule has 0 atom stereocenters. The quantitative estimate of drug-likeness (QED) is 0.458. The molecule has 1 N–H and O–H groups in total. The van der Waals surface area contributed by atoms with E-state index >= 15 is 0 Å². The third-order valence-corrected chi connectivity index (χ3v) is 1.73. The third-order valence-electron chi connectivity index (χ3n) is 1.73. The van der Waals surface area contributed by atoms with Crippen molar-refractivity contribution in [2.75, 3.05) is 0 Å². The van der Waals surface area contributed by atoms with Crippen LogP contribution in [0.2, 0.25) is 0 Å². The van der Waals surface area contributed by atoms with Gasteiger partial charge in [0.15, 0.2) is 0 Å². The summed E-state index contributed by atoms with van der Waals surface area (Å²) < 4.78 is 0. The number of amides is 2. The first kappa shape index (κ1) is 11.8. The van der Waals surface area contributed by atoms with Crippen LogP contribution in [-0.4, -0.2) is 23.5 Å². The highest BCUT2D eigenvalue weighted by molar-refractivity contribution is 6.00. The monoisotopic (exact) mass is 217 g/mol. The summed E-state index contributed by atoms with van der Waals surface area (Å²) >= 11 is 0. The molecule has 0 aliphatic carbocycles. The fraction of sp³-hybridized carbons (Fsp3) is 0.0909. The molecule has 5 nitrogen and oxygen atoms in total. The van der Waals surface area contributed by atoms with Crippen molar-refractivity contribution in [1.29, 1.82) is 0 Å². The molecule has 0 aliphatic heterocycles. The first-order valence-corrected chi connectivity index (χ1v) is 4.63. The molecule has 1 rings (SSSR count). The molecule has 0 aromatic carbocycles. The number of imide groups is 1. The van der Waals surface area contributed by atoms with Crippen LogP contribution in [0, 0.1) is 0 Å². The van der Waals surface area contributed by atoms with Gasteiger partial charge in [0, 0.05) is 24.2 Å². The van der Waals surface area contributed by atoms with Crippen molar-refractivity contribution in [2.24, 2.45) is 4.99 Å². The number of aliphatic imine (C=N–C) groups is 1. The van der Waals surface area contributed by atoms with E-state index in [0.29, 0.717) is 6.41 Å². The topological polar surface area (TPSA) is 71.4 Å². The number of carbonyl (C=O) groups excluding carboxylic acids is 2. The van der Waals surface area contributed by atoms with E-state index in [2.05, 4.69) is 9.98 Å². The molecular weight excluding hydrogens is 206 g/mol. The zero-order chi connectivity index (χ0) is 11.8. The maximum absolute atomic E-state index is 11.3. The predicted octanol–water partition coefficient (Wildman–Crippen LogP) is 0.677. The average molecular weight is 217 g/mol. The highest BCUT2D eigenvalue weighted by Crippen LogP contribution is 1.98. The van der Waals surface area contributed by atoms with E-state index < -0.39 is 5.91 Å². The van der Waals surface area contributed by atoms with Gasteiger partial charge in [-0.3, -0.25) is 24.9 Å². The summed E-state index contributed by atoms with van der Waals surface area (Å²) in [7, 11) is 0. The number of aromatic nitrogens is 1. The second-order valence-electron chi connectivity index (χ2n) is 2.81. The molecule has 0 saturated carbocycles. The molecule has 1 aromatic heterocycles. The van der Waals surface area contributed by atoms with Crippen molar-refractivity contribution in [3.63, 3.8) is 0 Å². The minimum absolute atomic E-state index is 0.177. The van der Waals surface area contributed by atoms with E-state index in [4.69, 9.17) is 0 Å². The van der Waals surface area contributed by atoms with Gasteiger partial charge in [-0.1, -0.05) is 12.1 Å². The molecule has 2 amide bonds. The van der Waals surface area contributed by atoms with Crippen molar-refractivity contribution < 1.29 is 9.59 Å². The van der Waals surface area contributed by atoms with Crippen LogP contribution in [0.3, 0.4) is 0 Å². The van der Waals surface area contributed by atoms with Crippen LogP contribution in [0.25, 0.3) is 0 Å². The molecule has 0 spiro atoms. The molecule has 1 aromatic rings. The Morgan fingerprint density at radius 1 is 1.56 bits per heavy atom. The van der Waals surface area contributed by atoms with Crippen LogP contribution in [0.4, 0.5) is 0 Å². The molecular formula is C11H11N3O2. The second-order valence-corrected chi connectivity index (χ2v) is 2.81. The van der Waals surface area contributed by atoms with Gasteiger partial charge in [-0.15, -0.1) is 0 Å². The molecule has 1 heterocycles. The maximum Gasteiger partial charge on any atom is 0.275 e. The van der Waals surface area contributed by atoms with Gasteiger partial charge in [0.25, 0.3) is 5.91 Å². The molecule has 0 radical (unpaired) electrons. The Morgan fingerprint density at radius 2 is 2.38 bits per heavy atom. The highest BCUT2D eigenvalue weighted by Gasteiger charge is 2.04. The Hall–Kier alpha value is -2.30. The lowest BCUT2D eigenvalue weighted by Gasteiger charge is -1.97. The molecule has 5 heteroatoms. The molecule has 0 saturated heterocycles. The summed E-state index contributed by atoms with van der Waals surface area (Å²) in [5.74, 6) is -0.530. The largest absolute Gasteiger partial charge is 0.294 e. The first-order valence-electron chi connectivity index (χ1n) is 4.63. The first-order chi connectivity index (χ1) is 7.77. The normalized spacial score (nSPS) is 11.4. The van der Waals surface area contributed by atoms with E-state index in [1.807, 2.05) is 5.32 Å². The van der Waals surface area contributed by atoms with Crippen LogP contribution in [0.15, 0.2) is 41.3 Å². The van der Waals surface area contributed by atoms with Gasteiger partial charge >= 0.3 is 0 Å².